The van der Waals surface area contributed by atoms with Gasteiger partial charge in [-0.05, 0) is 41.1 Å². The fraction of sp³-hybridized carbons (Fsp3) is 0.357. The third-order valence-electron chi connectivity index (χ3n) is 3.21. The molecule has 112 valence electrons. The van der Waals surface area contributed by atoms with Crippen LogP contribution in [0.4, 0.5) is 11.5 Å². The van der Waals surface area contributed by atoms with Crippen LogP contribution < -0.4 is 11.1 Å². The summed E-state index contributed by atoms with van der Waals surface area (Å²) < 4.78 is 4.42. The molecule has 0 unspecified atom stereocenters. The molecule has 0 saturated heterocycles. The second-order valence-corrected chi connectivity index (χ2v) is 4.61. The highest BCUT2D eigenvalue weighted by molar-refractivity contribution is 6.05. The van der Waals surface area contributed by atoms with Crippen LogP contribution in [-0.2, 0) is 6.54 Å². The molecule has 3 N–H and O–H groups in total. The fourth-order valence-corrected chi connectivity index (χ4v) is 2.00. The van der Waals surface area contributed by atoms with E-state index in [1.54, 1.807) is 0 Å². The molecule has 0 spiro atoms. The summed E-state index contributed by atoms with van der Waals surface area (Å²) in [5, 5.41) is 9.60. The molecule has 7 nitrogen and oxygen atoms in total. The highest BCUT2D eigenvalue weighted by Gasteiger charge is 2.16. The quantitative estimate of drug-likeness (QED) is 0.840. The summed E-state index contributed by atoms with van der Waals surface area (Å²) in [6, 6.07) is 7.67. The summed E-state index contributed by atoms with van der Waals surface area (Å²) in [5.41, 5.74) is 7.30. The second-order valence-electron chi connectivity index (χ2n) is 4.61. The molecule has 0 radical (unpaired) electrons. The summed E-state index contributed by atoms with van der Waals surface area (Å²) >= 11 is 0. The SMILES string of the molecule is CCN(CC)Cc1cccc(NC(=O)c2nonc2N)c1. The Morgan fingerprint density at radius 3 is 2.71 bits per heavy atom. The molecule has 2 aromatic rings. The molecule has 1 heterocycles. The van der Waals surface area contributed by atoms with Gasteiger partial charge in [0.15, 0.2) is 0 Å². The molecule has 0 saturated carbocycles. The van der Waals surface area contributed by atoms with Gasteiger partial charge in [-0.1, -0.05) is 26.0 Å². The predicted molar refractivity (Wildman–Crippen MR) is 79.7 cm³/mol. The van der Waals surface area contributed by atoms with Crippen LogP contribution in [0.2, 0.25) is 0 Å². The lowest BCUT2D eigenvalue weighted by Crippen LogP contribution is -2.22. The van der Waals surface area contributed by atoms with Gasteiger partial charge in [-0.25, -0.2) is 4.63 Å². The largest absolute Gasteiger partial charge is 0.379 e. The van der Waals surface area contributed by atoms with Crippen molar-refractivity contribution in [3.63, 3.8) is 0 Å². The monoisotopic (exact) mass is 289 g/mol. The number of carbonyl (C=O) groups excluding carboxylic acids is 1. The van der Waals surface area contributed by atoms with Crippen LogP contribution in [0.5, 0.6) is 0 Å². The van der Waals surface area contributed by atoms with Crippen LogP contribution >= 0.6 is 0 Å². The minimum atomic E-state index is -0.436. The van der Waals surface area contributed by atoms with Crippen molar-refractivity contribution in [2.75, 3.05) is 24.1 Å². The smallest absolute Gasteiger partial charge is 0.281 e. The number of benzene rings is 1. The molecular formula is C14H19N5O2. The lowest BCUT2D eigenvalue weighted by molar-refractivity contribution is 0.101. The number of nitrogens with one attached hydrogen (secondary N) is 1. The number of carbonyl (C=O) groups is 1. The first-order valence-electron chi connectivity index (χ1n) is 6.84. The van der Waals surface area contributed by atoms with Gasteiger partial charge in [-0.3, -0.25) is 9.69 Å². The molecule has 1 aromatic heterocycles. The molecule has 0 aliphatic rings. The zero-order valence-corrected chi connectivity index (χ0v) is 12.2. The average molecular weight is 289 g/mol. The van der Waals surface area contributed by atoms with Crippen molar-refractivity contribution in [2.24, 2.45) is 0 Å². The minimum Gasteiger partial charge on any atom is -0.379 e. The molecule has 0 bridgehead atoms. The van der Waals surface area contributed by atoms with Crippen LogP contribution in [0.15, 0.2) is 28.9 Å². The van der Waals surface area contributed by atoms with Crippen LogP contribution in [0.25, 0.3) is 0 Å². The molecule has 0 atom stereocenters. The molecule has 0 fully saturated rings. The molecule has 0 aliphatic carbocycles. The summed E-state index contributed by atoms with van der Waals surface area (Å²) in [7, 11) is 0. The molecule has 0 aliphatic heterocycles. The van der Waals surface area contributed by atoms with E-state index in [0.29, 0.717) is 5.69 Å². The molecule has 7 heteroatoms. The standard InChI is InChI=1S/C14H19N5O2/c1-3-19(4-2)9-10-6-5-7-11(8-10)16-14(20)12-13(15)18-21-17-12/h5-8H,3-4,9H2,1-2H3,(H2,15,18)(H,16,20). The van der Waals surface area contributed by atoms with Gasteiger partial charge in [0, 0.05) is 12.2 Å². The van der Waals surface area contributed by atoms with Gasteiger partial charge in [0.25, 0.3) is 5.91 Å². The maximum atomic E-state index is 12.0. The van der Waals surface area contributed by atoms with E-state index < -0.39 is 5.91 Å². The highest BCUT2D eigenvalue weighted by atomic mass is 16.6. The zero-order chi connectivity index (χ0) is 15.2. The summed E-state index contributed by atoms with van der Waals surface area (Å²) in [5.74, 6) is -0.458. The van der Waals surface area contributed by atoms with Gasteiger partial charge < -0.3 is 11.1 Å². The van der Waals surface area contributed by atoms with Crippen LogP contribution in [0.1, 0.15) is 29.9 Å². The van der Waals surface area contributed by atoms with Crippen molar-refractivity contribution in [1.29, 1.82) is 0 Å². The average Bonchev–Trinajstić information content (AvgIpc) is 2.91. The maximum absolute atomic E-state index is 12.0. The first kappa shape index (κ1) is 15.0. The van der Waals surface area contributed by atoms with Crippen molar-refractivity contribution >= 4 is 17.4 Å². The number of amides is 1. The number of aromatic nitrogens is 2. The van der Waals surface area contributed by atoms with Gasteiger partial charge >= 0.3 is 0 Å². The number of nitrogen functional groups attached to an aromatic ring is 1. The summed E-state index contributed by atoms with van der Waals surface area (Å²) in [6.07, 6.45) is 0. The topological polar surface area (TPSA) is 97.3 Å². The lowest BCUT2D eigenvalue weighted by Gasteiger charge is -2.18. The van der Waals surface area contributed by atoms with Crippen molar-refractivity contribution in [1.82, 2.24) is 15.2 Å². The van der Waals surface area contributed by atoms with E-state index in [-0.39, 0.29) is 11.5 Å². The van der Waals surface area contributed by atoms with Gasteiger partial charge in [-0.2, -0.15) is 0 Å². The summed E-state index contributed by atoms with van der Waals surface area (Å²) in [4.78, 5) is 14.3. The van der Waals surface area contributed by atoms with E-state index in [2.05, 4.69) is 39.0 Å². The Hall–Kier alpha value is -2.41. The second kappa shape index (κ2) is 6.85. The number of hydrogen-bond acceptors (Lipinski definition) is 6. The Labute approximate surface area is 123 Å². The van der Waals surface area contributed by atoms with E-state index in [0.717, 1.165) is 25.2 Å². The molecule has 2 rings (SSSR count). The molecular weight excluding hydrogens is 270 g/mol. The van der Waals surface area contributed by atoms with Crippen LogP contribution in [-0.4, -0.2) is 34.2 Å². The summed E-state index contributed by atoms with van der Waals surface area (Å²) in [6.45, 7) is 7.04. The van der Waals surface area contributed by atoms with Gasteiger partial charge in [0.05, 0.1) is 0 Å². The third kappa shape index (κ3) is 3.79. The number of nitrogens with two attached hydrogens (primary N) is 1. The number of anilines is 2. The zero-order valence-electron chi connectivity index (χ0n) is 12.2. The fourth-order valence-electron chi connectivity index (χ4n) is 2.00. The maximum Gasteiger partial charge on any atom is 0.281 e. The Morgan fingerprint density at radius 2 is 2.10 bits per heavy atom. The predicted octanol–water partition coefficient (Wildman–Crippen LogP) is 1.75. The number of rotatable bonds is 6. The van der Waals surface area contributed by atoms with Crippen molar-refractivity contribution in [3.8, 4) is 0 Å². The Bertz CT molecular complexity index is 607. The van der Waals surface area contributed by atoms with E-state index in [4.69, 9.17) is 5.73 Å². The van der Waals surface area contributed by atoms with Crippen molar-refractivity contribution in [2.45, 2.75) is 20.4 Å². The van der Waals surface area contributed by atoms with Crippen molar-refractivity contribution in [3.05, 3.63) is 35.5 Å². The Morgan fingerprint density at radius 1 is 1.33 bits per heavy atom. The lowest BCUT2D eigenvalue weighted by atomic mass is 10.2. The normalized spacial score (nSPS) is 10.8. The third-order valence-corrected chi connectivity index (χ3v) is 3.21. The Balaban J connectivity index is 2.07. The van der Waals surface area contributed by atoms with Gasteiger partial charge in [-0.15, -0.1) is 0 Å². The Kier molecular flexibility index (Phi) is 4.89. The van der Waals surface area contributed by atoms with E-state index in [1.807, 2.05) is 24.3 Å². The molecule has 1 amide bonds. The molecule has 1 aromatic carbocycles. The minimum absolute atomic E-state index is 0.0101. The first-order chi connectivity index (χ1) is 10.1. The number of hydrogen-bond donors (Lipinski definition) is 2. The first-order valence-corrected chi connectivity index (χ1v) is 6.84. The molecule has 21 heavy (non-hydrogen) atoms. The van der Waals surface area contributed by atoms with Crippen LogP contribution in [0, 0.1) is 0 Å². The van der Waals surface area contributed by atoms with Crippen LogP contribution in [0.3, 0.4) is 0 Å². The highest BCUT2D eigenvalue weighted by Crippen LogP contribution is 2.14. The van der Waals surface area contributed by atoms with E-state index in [1.165, 1.54) is 0 Å². The number of nitrogens with zero attached hydrogens (tertiary/aromatic N) is 3. The van der Waals surface area contributed by atoms with Gasteiger partial charge in [0.1, 0.15) is 0 Å². The van der Waals surface area contributed by atoms with Crippen molar-refractivity contribution < 1.29 is 9.42 Å². The van der Waals surface area contributed by atoms with E-state index >= 15 is 0 Å². The van der Waals surface area contributed by atoms with E-state index in [9.17, 15) is 4.79 Å². The van der Waals surface area contributed by atoms with Gasteiger partial charge in [0.2, 0.25) is 11.5 Å².